The van der Waals surface area contributed by atoms with Gasteiger partial charge < -0.3 is 15.5 Å². The first kappa shape index (κ1) is 13.8. The molecule has 1 atom stereocenters. The summed E-state index contributed by atoms with van der Waals surface area (Å²) in [5, 5.41) is 4.98. The quantitative estimate of drug-likeness (QED) is 0.852. The van der Waals surface area contributed by atoms with Crippen LogP contribution in [0.25, 0.3) is 0 Å². The van der Waals surface area contributed by atoms with Gasteiger partial charge in [-0.1, -0.05) is 13.0 Å². The number of carbonyl (C=O) groups is 1. The molecule has 2 aromatic rings. The van der Waals surface area contributed by atoms with Crippen LogP contribution in [-0.4, -0.2) is 12.5 Å². The molecule has 2 aromatic heterocycles. The van der Waals surface area contributed by atoms with E-state index in [-0.39, 0.29) is 5.91 Å². The standard InChI is InChI=1S/C14H18N2O2S/c1-10(5-13-3-2-4-19-13)8-16-14(17)11-6-12(7-15)18-9-11/h2-4,6,9-10H,5,7-8,15H2,1H3,(H,16,17). The molecule has 5 heteroatoms. The number of nitrogens with two attached hydrogens (primary N) is 1. The number of rotatable bonds is 6. The molecule has 3 N–H and O–H groups in total. The predicted octanol–water partition coefficient (Wildman–Crippen LogP) is 2.41. The topological polar surface area (TPSA) is 68.3 Å². The Balaban J connectivity index is 1.79. The first-order chi connectivity index (χ1) is 9.19. The molecule has 1 unspecified atom stereocenters. The number of amides is 1. The summed E-state index contributed by atoms with van der Waals surface area (Å²) in [4.78, 5) is 13.2. The van der Waals surface area contributed by atoms with Gasteiger partial charge in [-0.3, -0.25) is 4.79 Å². The Labute approximate surface area is 116 Å². The summed E-state index contributed by atoms with van der Waals surface area (Å²) in [5.41, 5.74) is 5.97. The second-order valence-corrected chi connectivity index (χ2v) is 5.64. The Morgan fingerprint density at radius 3 is 3.05 bits per heavy atom. The van der Waals surface area contributed by atoms with Crippen molar-refractivity contribution in [3.63, 3.8) is 0 Å². The van der Waals surface area contributed by atoms with E-state index in [1.165, 1.54) is 11.1 Å². The van der Waals surface area contributed by atoms with Crippen LogP contribution >= 0.6 is 11.3 Å². The van der Waals surface area contributed by atoms with Crippen molar-refractivity contribution in [2.45, 2.75) is 19.9 Å². The highest BCUT2D eigenvalue weighted by Crippen LogP contribution is 2.14. The monoisotopic (exact) mass is 278 g/mol. The zero-order valence-electron chi connectivity index (χ0n) is 10.9. The fraction of sp³-hybridized carbons (Fsp3) is 0.357. The van der Waals surface area contributed by atoms with Crippen LogP contribution in [0.3, 0.4) is 0 Å². The molecule has 1 amide bonds. The third-order valence-electron chi connectivity index (χ3n) is 2.86. The van der Waals surface area contributed by atoms with Crippen molar-refractivity contribution in [3.05, 3.63) is 46.0 Å². The Bertz CT molecular complexity index is 519. The van der Waals surface area contributed by atoms with Crippen LogP contribution in [0.5, 0.6) is 0 Å². The third kappa shape index (κ3) is 3.94. The van der Waals surface area contributed by atoms with E-state index >= 15 is 0 Å². The molecule has 2 rings (SSSR count). The van der Waals surface area contributed by atoms with Crippen LogP contribution in [0.4, 0.5) is 0 Å². The highest BCUT2D eigenvalue weighted by atomic mass is 32.1. The summed E-state index contributed by atoms with van der Waals surface area (Å²) in [6.07, 6.45) is 2.43. The van der Waals surface area contributed by atoms with Crippen LogP contribution in [0.2, 0.25) is 0 Å². The van der Waals surface area contributed by atoms with E-state index in [0.29, 0.717) is 30.3 Å². The van der Waals surface area contributed by atoms with Crippen LogP contribution in [-0.2, 0) is 13.0 Å². The maximum atomic E-state index is 11.9. The van der Waals surface area contributed by atoms with Crippen molar-refractivity contribution < 1.29 is 9.21 Å². The minimum absolute atomic E-state index is 0.110. The van der Waals surface area contributed by atoms with Gasteiger partial charge >= 0.3 is 0 Å². The maximum absolute atomic E-state index is 11.9. The van der Waals surface area contributed by atoms with Gasteiger partial charge in [0, 0.05) is 11.4 Å². The zero-order valence-corrected chi connectivity index (χ0v) is 11.7. The maximum Gasteiger partial charge on any atom is 0.254 e. The first-order valence-electron chi connectivity index (χ1n) is 6.27. The van der Waals surface area contributed by atoms with Crippen molar-refractivity contribution in [1.82, 2.24) is 5.32 Å². The largest absolute Gasteiger partial charge is 0.467 e. The highest BCUT2D eigenvalue weighted by molar-refractivity contribution is 7.09. The average molecular weight is 278 g/mol. The van der Waals surface area contributed by atoms with Crippen molar-refractivity contribution in [3.8, 4) is 0 Å². The minimum atomic E-state index is -0.110. The molecule has 0 radical (unpaired) electrons. The fourth-order valence-electron chi connectivity index (χ4n) is 1.82. The van der Waals surface area contributed by atoms with Gasteiger partial charge in [0.2, 0.25) is 0 Å². The molecular weight excluding hydrogens is 260 g/mol. The molecule has 0 bridgehead atoms. The molecule has 0 saturated heterocycles. The summed E-state index contributed by atoms with van der Waals surface area (Å²) < 4.78 is 5.14. The van der Waals surface area contributed by atoms with Gasteiger partial charge in [-0.15, -0.1) is 11.3 Å². The number of nitrogens with one attached hydrogen (secondary N) is 1. The summed E-state index contributed by atoms with van der Waals surface area (Å²) in [6, 6.07) is 5.84. The lowest BCUT2D eigenvalue weighted by molar-refractivity contribution is 0.0947. The Kier molecular flexibility index (Phi) is 4.76. The SMILES string of the molecule is CC(CNC(=O)c1coc(CN)c1)Cc1cccs1. The van der Waals surface area contributed by atoms with Gasteiger partial charge in [0.1, 0.15) is 12.0 Å². The van der Waals surface area contributed by atoms with Crippen LogP contribution < -0.4 is 11.1 Å². The molecule has 0 aliphatic heterocycles. The van der Waals surface area contributed by atoms with E-state index in [4.69, 9.17) is 10.2 Å². The van der Waals surface area contributed by atoms with Gasteiger partial charge in [0.05, 0.1) is 12.1 Å². The number of hydrogen-bond acceptors (Lipinski definition) is 4. The molecule has 0 aromatic carbocycles. The summed E-state index contributed by atoms with van der Waals surface area (Å²) in [6.45, 7) is 3.09. The van der Waals surface area contributed by atoms with Crippen molar-refractivity contribution in [1.29, 1.82) is 0 Å². The average Bonchev–Trinajstić information content (AvgIpc) is 3.06. The molecule has 2 heterocycles. The Morgan fingerprint density at radius 1 is 1.58 bits per heavy atom. The molecule has 0 aliphatic carbocycles. The fourth-order valence-corrected chi connectivity index (χ4v) is 2.69. The lowest BCUT2D eigenvalue weighted by Crippen LogP contribution is -2.28. The van der Waals surface area contributed by atoms with Crippen LogP contribution in [0.1, 0.15) is 27.9 Å². The van der Waals surface area contributed by atoms with E-state index in [9.17, 15) is 4.79 Å². The van der Waals surface area contributed by atoms with Gasteiger partial charge in [-0.25, -0.2) is 0 Å². The lowest BCUT2D eigenvalue weighted by Gasteiger charge is -2.10. The normalized spacial score (nSPS) is 12.3. The minimum Gasteiger partial charge on any atom is -0.467 e. The molecule has 4 nitrogen and oxygen atoms in total. The number of thiophene rings is 1. The summed E-state index contributed by atoms with van der Waals surface area (Å²) in [7, 11) is 0. The molecule has 0 saturated carbocycles. The third-order valence-corrected chi connectivity index (χ3v) is 3.76. The second-order valence-electron chi connectivity index (χ2n) is 4.60. The van der Waals surface area contributed by atoms with Crippen molar-refractivity contribution in [2.24, 2.45) is 11.7 Å². The Morgan fingerprint density at radius 2 is 2.42 bits per heavy atom. The lowest BCUT2D eigenvalue weighted by atomic mass is 10.1. The van der Waals surface area contributed by atoms with Crippen molar-refractivity contribution >= 4 is 17.2 Å². The predicted molar refractivity (Wildman–Crippen MR) is 76.1 cm³/mol. The Hall–Kier alpha value is -1.59. The molecule has 0 aliphatic rings. The van der Waals surface area contributed by atoms with Crippen molar-refractivity contribution in [2.75, 3.05) is 6.54 Å². The van der Waals surface area contributed by atoms with Gasteiger partial charge in [-0.05, 0) is 29.9 Å². The smallest absolute Gasteiger partial charge is 0.254 e. The van der Waals surface area contributed by atoms with E-state index < -0.39 is 0 Å². The number of furan rings is 1. The number of carbonyl (C=O) groups excluding carboxylic acids is 1. The number of hydrogen-bond donors (Lipinski definition) is 2. The van der Waals surface area contributed by atoms with Gasteiger partial charge in [0.25, 0.3) is 5.91 Å². The molecule has 0 fully saturated rings. The second kappa shape index (κ2) is 6.54. The van der Waals surface area contributed by atoms with E-state index in [1.807, 2.05) is 6.07 Å². The van der Waals surface area contributed by atoms with Gasteiger partial charge in [-0.2, -0.15) is 0 Å². The first-order valence-corrected chi connectivity index (χ1v) is 7.15. The summed E-state index contributed by atoms with van der Waals surface area (Å²) in [5.74, 6) is 0.918. The molecule has 102 valence electrons. The van der Waals surface area contributed by atoms with E-state index in [0.717, 1.165) is 6.42 Å². The van der Waals surface area contributed by atoms with Gasteiger partial charge in [0.15, 0.2) is 0 Å². The highest BCUT2D eigenvalue weighted by Gasteiger charge is 2.11. The van der Waals surface area contributed by atoms with E-state index in [2.05, 4.69) is 23.7 Å². The van der Waals surface area contributed by atoms with Crippen LogP contribution in [0, 0.1) is 5.92 Å². The van der Waals surface area contributed by atoms with E-state index in [1.54, 1.807) is 17.4 Å². The molecule has 0 spiro atoms. The summed E-state index contributed by atoms with van der Waals surface area (Å²) >= 11 is 1.75. The zero-order chi connectivity index (χ0) is 13.7. The molecule has 19 heavy (non-hydrogen) atoms. The molecular formula is C14H18N2O2S. The van der Waals surface area contributed by atoms with Crippen LogP contribution in [0.15, 0.2) is 34.3 Å².